The Balaban J connectivity index is 1.30. The van der Waals surface area contributed by atoms with Crippen molar-refractivity contribution in [1.82, 2.24) is 24.8 Å². The Hall–Kier alpha value is -3.18. The van der Waals surface area contributed by atoms with Crippen LogP contribution in [-0.2, 0) is 26.6 Å². The first-order valence-corrected chi connectivity index (χ1v) is 12.6. The predicted molar refractivity (Wildman–Crippen MR) is 145 cm³/mol. The highest BCUT2D eigenvalue weighted by molar-refractivity contribution is 6.72. The quantitative estimate of drug-likeness (QED) is 0.281. The molecule has 1 amide bonds. The fourth-order valence-electron chi connectivity index (χ4n) is 4.27. The number of carbonyl (C=O) groups is 1. The van der Waals surface area contributed by atoms with Crippen LogP contribution in [0.5, 0.6) is 0 Å². The maximum atomic E-state index is 12.7. The molecule has 1 N–H and O–H groups in total. The van der Waals surface area contributed by atoms with Crippen LogP contribution in [0.25, 0.3) is 22.3 Å². The van der Waals surface area contributed by atoms with E-state index in [2.05, 4.69) is 15.3 Å². The van der Waals surface area contributed by atoms with Gasteiger partial charge in [0.1, 0.15) is 5.69 Å². The Morgan fingerprint density at radius 3 is 2.68 bits per heavy atom. The zero-order valence-corrected chi connectivity index (χ0v) is 21.4. The van der Waals surface area contributed by atoms with Crippen molar-refractivity contribution in [3.8, 4) is 11.3 Å². The second kappa shape index (κ2) is 11.5. The molecule has 186 valence electrons. The smallest absolute Gasteiger partial charge is 0.434 e. The van der Waals surface area contributed by atoms with Gasteiger partial charge < -0.3 is 23.6 Å². The van der Waals surface area contributed by atoms with E-state index in [9.17, 15) is 4.79 Å². The summed E-state index contributed by atoms with van der Waals surface area (Å²) in [6, 6.07) is 13.1. The normalized spacial score (nSPS) is 13.9. The maximum Gasteiger partial charge on any atom is 0.434 e. The van der Waals surface area contributed by atoms with Crippen LogP contribution in [0.1, 0.15) is 22.3 Å². The molecule has 0 bridgehead atoms. The number of imidazole rings is 1. The molecule has 0 unspecified atom stereocenters. The molecule has 13 heteroatoms. The largest absolute Gasteiger partial charge is 0.453 e. The van der Waals surface area contributed by atoms with Crippen molar-refractivity contribution in [2.24, 2.45) is 0 Å². The molecular weight excluding hydrogens is 490 g/mol. The summed E-state index contributed by atoms with van der Waals surface area (Å²) in [6.45, 7) is 5.04. The fraction of sp³-hybridized carbons (Fsp3) is 0.250. The molecule has 1 saturated heterocycles. The summed E-state index contributed by atoms with van der Waals surface area (Å²) in [6.07, 6.45) is 6.75. The molecule has 0 atom stereocenters. The standard InChI is InChI=1S/C24H25B3ClN5O4/c1-25-35-26(2)37-27(36-25)15-17-5-3-6-18(13-17)22-23(28)32-20-8-7-19(14-21(20)31-22)24(34)30-9-4-11-33-12-10-29-16-33/h3,5-8,10,12-14,16H,4,9,11,15H2,1-2H3,(H,30,34). The van der Waals surface area contributed by atoms with Gasteiger partial charge in [-0.2, -0.15) is 0 Å². The highest BCUT2D eigenvalue weighted by Crippen LogP contribution is 2.28. The van der Waals surface area contributed by atoms with E-state index < -0.39 is 7.12 Å². The van der Waals surface area contributed by atoms with Crippen molar-refractivity contribution in [3.05, 3.63) is 77.5 Å². The van der Waals surface area contributed by atoms with Gasteiger partial charge in [-0.15, -0.1) is 0 Å². The highest BCUT2D eigenvalue weighted by atomic mass is 35.5. The van der Waals surface area contributed by atoms with Gasteiger partial charge in [0, 0.05) is 42.9 Å². The molecule has 1 aliphatic rings. The zero-order valence-electron chi connectivity index (χ0n) is 20.6. The lowest BCUT2D eigenvalue weighted by atomic mass is 9.69. The number of hydrogen-bond donors (Lipinski definition) is 1. The van der Waals surface area contributed by atoms with Gasteiger partial charge in [0.15, 0.2) is 5.15 Å². The molecule has 0 radical (unpaired) electrons. The summed E-state index contributed by atoms with van der Waals surface area (Å²) >= 11 is 6.52. The van der Waals surface area contributed by atoms with Crippen molar-refractivity contribution in [2.75, 3.05) is 6.54 Å². The number of amides is 1. The highest BCUT2D eigenvalue weighted by Gasteiger charge is 2.35. The number of fused-ring (bicyclic) bond motifs is 1. The average molecular weight is 515 g/mol. The third-order valence-corrected chi connectivity index (χ3v) is 6.26. The number of aryl methyl sites for hydroxylation is 1. The molecule has 1 fully saturated rings. The molecule has 1 aliphatic heterocycles. The minimum absolute atomic E-state index is 0.159. The second-order valence-corrected chi connectivity index (χ2v) is 9.21. The number of aromatic nitrogens is 4. The summed E-state index contributed by atoms with van der Waals surface area (Å²) in [5.74, 6) is -0.159. The summed E-state index contributed by atoms with van der Waals surface area (Å²) in [4.78, 5) is 26.0. The van der Waals surface area contributed by atoms with Crippen LogP contribution in [0.4, 0.5) is 0 Å². The van der Waals surface area contributed by atoms with Crippen LogP contribution in [0, 0.1) is 0 Å². The van der Waals surface area contributed by atoms with Crippen LogP contribution in [-0.4, -0.2) is 53.3 Å². The first-order valence-electron chi connectivity index (χ1n) is 12.2. The van der Waals surface area contributed by atoms with E-state index in [1.807, 2.05) is 48.7 Å². The van der Waals surface area contributed by atoms with E-state index >= 15 is 0 Å². The van der Waals surface area contributed by atoms with Crippen molar-refractivity contribution in [2.45, 2.75) is 32.9 Å². The van der Waals surface area contributed by atoms with E-state index in [0.717, 1.165) is 24.1 Å². The van der Waals surface area contributed by atoms with Gasteiger partial charge in [-0.1, -0.05) is 29.8 Å². The lowest BCUT2D eigenvalue weighted by molar-refractivity contribution is 0.0953. The van der Waals surface area contributed by atoms with Crippen LogP contribution >= 0.6 is 11.6 Å². The van der Waals surface area contributed by atoms with Crippen LogP contribution in [0.15, 0.2) is 61.2 Å². The topological polar surface area (TPSA) is 100 Å². The number of hydrogen-bond acceptors (Lipinski definition) is 7. The molecule has 0 saturated carbocycles. The van der Waals surface area contributed by atoms with Crippen molar-refractivity contribution >= 4 is 49.9 Å². The molecule has 4 aromatic rings. The Labute approximate surface area is 221 Å². The molecule has 3 heterocycles. The first-order chi connectivity index (χ1) is 17.9. The van der Waals surface area contributed by atoms with Gasteiger partial charge >= 0.3 is 21.4 Å². The molecule has 5 rings (SSSR count). The van der Waals surface area contributed by atoms with Gasteiger partial charge in [-0.25, -0.2) is 15.0 Å². The Kier molecular flexibility index (Phi) is 7.90. The summed E-state index contributed by atoms with van der Waals surface area (Å²) < 4.78 is 18.9. The fourth-order valence-corrected chi connectivity index (χ4v) is 4.51. The lowest BCUT2D eigenvalue weighted by Crippen LogP contribution is -2.47. The molecule has 0 aliphatic carbocycles. The van der Waals surface area contributed by atoms with Gasteiger partial charge in [-0.3, -0.25) is 4.79 Å². The third-order valence-electron chi connectivity index (χ3n) is 5.99. The van der Waals surface area contributed by atoms with Crippen LogP contribution in [0.3, 0.4) is 0 Å². The molecule has 9 nitrogen and oxygen atoms in total. The lowest BCUT2D eigenvalue weighted by Gasteiger charge is -2.27. The van der Waals surface area contributed by atoms with E-state index in [1.165, 1.54) is 0 Å². The SMILES string of the molecule is CB1OB(C)OB(Cc2cccc(-c3nc4cc(C(=O)NCCCn5ccnc5)ccc4nc3Cl)c2)O1. The Morgan fingerprint density at radius 1 is 1.05 bits per heavy atom. The number of nitrogens with zero attached hydrogens (tertiary/aromatic N) is 4. The van der Waals surface area contributed by atoms with Crippen molar-refractivity contribution in [3.63, 3.8) is 0 Å². The number of benzene rings is 2. The minimum atomic E-state index is -0.409. The maximum absolute atomic E-state index is 12.7. The Bertz CT molecular complexity index is 1380. The van der Waals surface area contributed by atoms with Gasteiger partial charge in [0.05, 0.1) is 17.4 Å². The van der Waals surface area contributed by atoms with E-state index in [1.54, 1.807) is 30.7 Å². The molecular formula is C24H25B3ClN5O4. The average Bonchev–Trinajstić information content (AvgIpc) is 3.39. The Morgan fingerprint density at radius 2 is 1.89 bits per heavy atom. The monoisotopic (exact) mass is 515 g/mol. The summed E-state index contributed by atoms with van der Waals surface area (Å²) in [7, 11) is -1.07. The summed E-state index contributed by atoms with van der Waals surface area (Å²) in [5.41, 5.74) is 4.10. The number of carbonyl (C=O) groups excluding carboxylic acids is 1. The van der Waals surface area contributed by atoms with Crippen LogP contribution in [0.2, 0.25) is 18.8 Å². The zero-order chi connectivity index (χ0) is 25.8. The van der Waals surface area contributed by atoms with E-state index in [-0.39, 0.29) is 20.1 Å². The molecule has 2 aromatic heterocycles. The second-order valence-electron chi connectivity index (χ2n) is 8.85. The first kappa shape index (κ1) is 25.5. The number of nitrogens with one attached hydrogen (secondary N) is 1. The molecule has 2 aromatic carbocycles. The van der Waals surface area contributed by atoms with Gasteiger partial charge in [0.2, 0.25) is 0 Å². The van der Waals surface area contributed by atoms with E-state index in [4.69, 9.17) is 30.3 Å². The predicted octanol–water partition coefficient (Wildman–Crippen LogP) is 3.84. The third kappa shape index (κ3) is 6.40. The van der Waals surface area contributed by atoms with E-state index in [0.29, 0.717) is 40.3 Å². The van der Waals surface area contributed by atoms with Gasteiger partial charge in [-0.05, 0) is 49.9 Å². The van der Waals surface area contributed by atoms with Crippen molar-refractivity contribution < 1.29 is 18.5 Å². The van der Waals surface area contributed by atoms with Gasteiger partial charge in [0.25, 0.3) is 5.91 Å². The van der Waals surface area contributed by atoms with Crippen molar-refractivity contribution in [1.29, 1.82) is 0 Å². The number of halogens is 1. The van der Waals surface area contributed by atoms with Crippen LogP contribution < -0.4 is 5.32 Å². The minimum Gasteiger partial charge on any atom is -0.453 e. The number of rotatable bonds is 8. The molecule has 37 heavy (non-hydrogen) atoms. The summed E-state index contributed by atoms with van der Waals surface area (Å²) in [5, 5.41) is 3.25. The molecule has 0 spiro atoms.